The molecule has 3 aromatic carbocycles. The van der Waals surface area contributed by atoms with E-state index >= 15 is 0 Å². The highest BCUT2D eigenvalue weighted by Gasteiger charge is 2.05. The van der Waals surface area contributed by atoms with Gasteiger partial charge >= 0.3 is 0 Å². The quantitative estimate of drug-likeness (QED) is 0.442. The zero-order chi connectivity index (χ0) is 18.5. The van der Waals surface area contributed by atoms with Gasteiger partial charge in [-0.15, -0.1) is 0 Å². The fraction of sp³-hybridized carbons (Fsp3) is 0.0952. The molecule has 0 amide bonds. The van der Waals surface area contributed by atoms with Crippen molar-refractivity contribution in [2.24, 2.45) is 4.99 Å². The molecule has 0 fully saturated rings. The van der Waals surface area contributed by atoms with E-state index in [9.17, 15) is 4.39 Å². The first-order valence-electron chi connectivity index (χ1n) is 7.98. The second kappa shape index (κ2) is 8.35. The van der Waals surface area contributed by atoms with Gasteiger partial charge in [0, 0.05) is 21.8 Å². The lowest BCUT2D eigenvalue weighted by molar-refractivity contribution is 0.305. The van der Waals surface area contributed by atoms with Gasteiger partial charge in [-0.1, -0.05) is 41.4 Å². The van der Waals surface area contributed by atoms with Crippen LogP contribution < -0.4 is 4.74 Å². The SMILES string of the molecule is Cc1ccc(N=Cc2cc(Cl)ccc2OCc2ccc(F)cc2)cc1Cl. The topological polar surface area (TPSA) is 21.6 Å². The van der Waals surface area contributed by atoms with Crippen LogP contribution in [-0.4, -0.2) is 6.21 Å². The number of benzene rings is 3. The van der Waals surface area contributed by atoms with Crippen LogP contribution in [0, 0.1) is 12.7 Å². The normalized spacial score (nSPS) is 11.1. The summed E-state index contributed by atoms with van der Waals surface area (Å²) >= 11 is 12.2. The van der Waals surface area contributed by atoms with Crippen LogP contribution in [0.3, 0.4) is 0 Å². The molecule has 0 saturated heterocycles. The van der Waals surface area contributed by atoms with Crippen LogP contribution >= 0.6 is 23.2 Å². The molecule has 2 nitrogen and oxygen atoms in total. The number of rotatable bonds is 5. The summed E-state index contributed by atoms with van der Waals surface area (Å²) in [6, 6.07) is 17.1. The molecule has 0 radical (unpaired) electrons. The lowest BCUT2D eigenvalue weighted by Gasteiger charge is -2.10. The number of aryl methyl sites for hydroxylation is 1. The number of halogens is 3. The first kappa shape index (κ1) is 18.4. The van der Waals surface area contributed by atoms with Gasteiger partial charge in [-0.05, 0) is 60.5 Å². The summed E-state index contributed by atoms with van der Waals surface area (Å²) in [5.74, 6) is 0.366. The Morgan fingerprint density at radius 3 is 2.50 bits per heavy atom. The maximum atomic E-state index is 13.0. The van der Waals surface area contributed by atoms with E-state index in [2.05, 4.69) is 4.99 Å². The van der Waals surface area contributed by atoms with Crippen molar-refractivity contribution in [1.82, 2.24) is 0 Å². The standard InChI is InChI=1S/C21H16Cl2FNO/c1-14-2-8-19(11-20(14)23)25-12-16-10-17(22)5-9-21(16)26-13-15-3-6-18(24)7-4-15/h2-12H,13H2,1H3. The van der Waals surface area contributed by atoms with E-state index in [1.54, 1.807) is 42.6 Å². The zero-order valence-electron chi connectivity index (χ0n) is 14.0. The van der Waals surface area contributed by atoms with Gasteiger partial charge in [0.2, 0.25) is 0 Å². The zero-order valence-corrected chi connectivity index (χ0v) is 15.6. The van der Waals surface area contributed by atoms with E-state index in [-0.39, 0.29) is 5.82 Å². The van der Waals surface area contributed by atoms with Gasteiger partial charge in [0.1, 0.15) is 18.2 Å². The Kier molecular flexibility index (Phi) is 5.92. The molecule has 0 aliphatic heterocycles. The van der Waals surface area contributed by atoms with Crippen molar-refractivity contribution < 1.29 is 9.13 Å². The Labute approximate surface area is 161 Å². The van der Waals surface area contributed by atoms with Crippen LogP contribution in [0.5, 0.6) is 5.75 Å². The van der Waals surface area contributed by atoms with Crippen LogP contribution in [0.4, 0.5) is 10.1 Å². The molecule has 0 atom stereocenters. The maximum absolute atomic E-state index is 13.0. The van der Waals surface area contributed by atoms with Gasteiger partial charge in [-0.25, -0.2) is 4.39 Å². The maximum Gasteiger partial charge on any atom is 0.128 e. The molecule has 0 aromatic heterocycles. The molecule has 0 heterocycles. The molecule has 0 bridgehead atoms. The molecule has 3 aromatic rings. The number of hydrogen-bond acceptors (Lipinski definition) is 2. The molecule has 0 unspecified atom stereocenters. The average Bonchev–Trinajstić information content (AvgIpc) is 2.63. The molecule has 0 spiro atoms. The minimum Gasteiger partial charge on any atom is -0.488 e. The van der Waals surface area contributed by atoms with Gasteiger partial charge in [0.25, 0.3) is 0 Å². The third-order valence-corrected chi connectivity index (χ3v) is 4.43. The Morgan fingerprint density at radius 1 is 1.00 bits per heavy atom. The fourth-order valence-corrected chi connectivity index (χ4v) is 2.65. The predicted octanol–water partition coefficient (Wildman–Crippen LogP) is 6.77. The molecule has 132 valence electrons. The van der Waals surface area contributed by atoms with Crippen molar-refractivity contribution in [1.29, 1.82) is 0 Å². The first-order valence-corrected chi connectivity index (χ1v) is 8.74. The lowest BCUT2D eigenvalue weighted by atomic mass is 10.2. The summed E-state index contributed by atoms with van der Waals surface area (Å²) < 4.78 is 18.8. The summed E-state index contributed by atoms with van der Waals surface area (Å²) in [4.78, 5) is 4.45. The summed E-state index contributed by atoms with van der Waals surface area (Å²) in [7, 11) is 0. The van der Waals surface area contributed by atoms with E-state index in [4.69, 9.17) is 27.9 Å². The Bertz CT molecular complexity index is 939. The summed E-state index contributed by atoms with van der Waals surface area (Å²) in [5.41, 5.74) is 3.35. The van der Waals surface area contributed by atoms with Gasteiger partial charge in [0.05, 0.1) is 5.69 Å². The van der Waals surface area contributed by atoms with Crippen molar-refractivity contribution in [2.45, 2.75) is 13.5 Å². The number of aliphatic imine (C=N–C) groups is 1. The van der Waals surface area contributed by atoms with Crippen molar-refractivity contribution in [3.8, 4) is 5.75 Å². The van der Waals surface area contributed by atoms with Crippen LogP contribution in [-0.2, 0) is 6.61 Å². The van der Waals surface area contributed by atoms with Crippen LogP contribution in [0.1, 0.15) is 16.7 Å². The summed E-state index contributed by atoms with van der Waals surface area (Å²) in [6.45, 7) is 2.26. The summed E-state index contributed by atoms with van der Waals surface area (Å²) in [6.07, 6.45) is 1.69. The first-order chi connectivity index (χ1) is 12.5. The highest BCUT2D eigenvalue weighted by atomic mass is 35.5. The van der Waals surface area contributed by atoms with Crippen LogP contribution in [0.2, 0.25) is 10.0 Å². The van der Waals surface area contributed by atoms with Gasteiger partial charge in [0.15, 0.2) is 0 Å². The highest BCUT2D eigenvalue weighted by molar-refractivity contribution is 6.31. The van der Waals surface area contributed by atoms with Gasteiger partial charge in [-0.3, -0.25) is 4.99 Å². The van der Waals surface area contributed by atoms with E-state index in [0.717, 1.165) is 22.4 Å². The molecule has 5 heteroatoms. The monoisotopic (exact) mass is 387 g/mol. The Balaban J connectivity index is 1.79. The summed E-state index contributed by atoms with van der Waals surface area (Å²) in [5, 5.41) is 1.25. The highest BCUT2D eigenvalue weighted by Crippen LogP contribution is 2.25. The number of hydrogen-bond donors (Lipinski definition) is 0. The largest absolute Gasteiger partial charge is 0.488 e. The van der Waals surface area contributed by atoms with Crippen molar-refractivity contribution in [3.63, 3.8) is 0 Å². The number of nitrogens with zero attached hydrogens (tertiary/aromatic N) is 1. The molecule has 0 aliphatic carbocycles. The molecule has 26 heavy (non-hydrogen) atoms. The molecule has 0 saturated carbocycles. The fourth-order valence-electron chi connectivity index (χ4n) is 2.30. The van der Waals surface area contributed by atoms with E-state index in [1.807, 2.05) is 19.1 Å². The van der Waals surface area contributed by atoms with E-state index in [0.29, 0.717) is 22.4 Å². The molecular formula is C21H16Cl2FNO. The van der Waals surface area contributed by atoms with E-state index < -0.39 is 0 Å². The minimum atomic E-state index is -0.273. The van der Waals surface area contributed by atoms with Crippen LogP contribution in [0.15, 0.2) is 65.7 Å². The van der Waals surface area contributed by atoms with Crippen molar-refractivity contribution in [3.05, 3.63) is 93.2 Å². The van der Waals surface area contributed by atoms with Crippen molar-refractivity contribution >= 4 is 35.1 Å². The van der Waals surface area contributed by atoms with Gasteiger partial charge < -0.3 is 4.74 Å². The van der Waals surface area contributed by atoms with Crippen LogP contribution in [0.25, 0.3) is 0 Å². The minimum absolute atomic E-state index is 0.273. The molecular weight excluding hydrogens is 372 g/mol. The number of ether oxygens (including phenoxy) is 1. The Morgan fingerprint density at radius 2 is 1.77 bits per heavy atom. The van der Waals surface area contributed by atoms with Crippen molar-refractivity contribution in [2.75, 3.05) is 0 Å². The smallest absolute Gasteiger partial charge is 0.128 e. The average molecular weight is 388 g/mol. The predicted molar refractivity (Wildman–Crippen MR) is 106 cm³/mol. The second-order valence-electron chi connectivity index (χ2n) is 5.79. The lowest BCUT2D eigenvalue weighted by Crippen LogP contribution is -1.98. The third-order valence-electron chi connectivity index (χ3n) is 3.79. The third kappa shape index (κ3) is 4.84. The Hall–Kier alpha value is -2.36. The second-order valence-corrected chi connectivity index (χ2v) is 6.63. The molecule has 0 aliphatic rings. The van der Waals surface area contributed by atoms with Gasteiger partial charge in [-0.2, -0.15) is 0 Å². The van der Waals surface area contributed by atoms with E-state index in [1.165, 1.54) is 12.1 Å². The molecule has 3 rings (SSSR count). The molecule has 0 N–H and O–H groups in total.